The average molecular weight is 580 g/mol. The fourth-order valence-corrected chi connectivity index (χ4v) is 1.95. The highest BCUT2D eigenvalue weighted by molar-refractivity contribution is 5.75. The number of halogens is 18. The van der Waals surface area contributed by atoms with Crippen molar-refractivity contribution in [2.45, 2.75) is 81.0 Å². The predicted molar refractivity (Wildman–Crippen MR) is 80.6 cm³/mol. The first kappa shape index (κ1) is 34.2. The van der Waals surface area contributed by atoms with Crippen LogP contribution in [0.15, 0.2) is 0 Å². The molecular weight excluding hydrogens is 566 g/mol. The molecule has 0 unspecified atom stereocenters. The molecule has 0 saturated heterocycles. The van der Waals surface area contributed by atoms with Gasteiger partial charge < -0.3 is 4.74 Å². The van der Waals surface area contributed by atoms with Crippen LogP contribution < -0.4 is 0 Å². The standard InChI is InChI=1S/C16H14F18O2/c1-4-8(2,3)7(35)36-5-9(19,20)11(23,24)13(27,28)15(31,32)16(33,34)14(29,30)12(25,26)10(21,22)6(17)18/h6H,4-5H2,1-3H3. The first-order valence-electron chi connectivity index (χ1n) is 8.86. The van der Waals surface area contributed by atoms with Crippen LogP contribution in [0.5, 0.6) is 0 Å². The van der Waals surface area contributed by atoms with Crippen LogP contribution in [-0.2, 0) is 9.53 Å². The molecule has 0 N–H and O–H groups in total. The molecule has 0 rings (SSSR count). The third-order valence-electron chi connectivity index (χ3n) is 4.94. The Bertz CT molecular complexity index is 801. The maximum Gasteiger partial charge on any atom is 0.385 e. The van der Waals surface area contributed by atoms with E-state index in [1.54, 1.807) is 0 Å². The Morgan fingerprint density at radius 3 is 1.22 bits per heavy atom. The molecule has 0 aromatic rings. The van der Waals surface area contributed by atoms with Crippen LogP contribution in [0.2, 0.25) is 0 Å². The van der Waals surface area contributed by atoms with Gasteiger partial charge in [0.25, 0.3) is 0 Å². The zero-order valence-corrected chi connectivity index (χ0v) is 17.6. The summed E-state index contributed by atoms with van der Waals surface area (Å²) in [6, 6.07) is 0. The second-order valence-corrected chi connectivity index (χ2v) is 7.89. The molecule has 0 atom stereocenters. The minimum Gasteiger partial charge on any atom is -0.459 e. The lowest BCUT2D eigenvalue weighted by Crippen LogP contribution is -2.75. The highest BCUT2D eigenvalue weighted by atomic mass is 19.4. The van der Waals surface area contributed by atoms with Gasteiger partial charge in [-0.05, 0) is 20.3 Å². The normalized spacial score (nSPS) is 15.9. The summed E-state index contributed by atoms with van der Waals surface area (Å²) < 4.78 is 242. The van der Waals surface area contributed by atoms with Gasteiger partial charge in [-0.15, -0.1) is 0 Å². The largest absolute Gasteiger partial charge is 0.459 e. The number of alkyl halides is 18. The van der Waals surface area contributed by atoms with E-state index in [0.29, 0.717) is 0 Å². The maximum absolute atomic E-state index is 13.7. The number of carbonyl (C=O) groups excluding carboxylic acids is 1. The van der Waals surface area contributed by atoms with E-state index in [1.807, 2.05) is 0 Å². The third kappa shape index (κ3) is 4.64. The van der Waals surface area contributed by atoms with Crippen molar-refractivity contribution in [2.75, 3.05) is 6.61 Å². The van der Waals surface area contributed by atoms with E-state index in [9.17, 15) is 83.8 Å². The first-order valence-corrected chi connectivity index (χ1v) is 8.86. The molecule has 0 aliphatic rings. The minimum atomic E-state index is -8.80. The number of esters is 1. The van der Waals surface area contributed by atoms with E-state index in [2.05, 4.69) is 4.74 Å². The van der Waals surface area contributed by atoms with Crippen LogP contribution in [0.1, 0.15) is 27.2 Å². The summed E-state index contributed by atoms with van der Waals surface area (Å²) in [6.45, 7) is -0.271. The molecule has 0 saturated carbocycles. The van der Waals surface area contributed by atoms with Gasteiger partial charge in [0.2, 0.25) is 0 Å². The summed E-state index contributed by atoms with van der Waals surface area (Å²) in [5.41, 5.74) is -1.80. The highest BCUT2D eigenvalue weighted by Crippen LogP contribution is 2.64. The molecule has 0 fully saturated rings. The van der Waals surface area contributed by atoms with Crippen LogP contribution in [0.4, 0.5) is 79.0 Å². The van der Waals surface area contributed by atoms with Gasteiger partial charge in [-0.1, -0.05) is 6.92 Å². The Kier molecular flexibility index (Phi) is 8.74. The second kappa shape index (κ2) is 9.20. The van der Waals surface area contributed by atoms with Gasteiger partial charge in [-0.3, -0.25) is 4.79 Å². The number of hydrogen-bond donors (Lipinski definition) is 0. The Morgan fingerprint density at radius 1 is 0.611 bits per heavy atom. The molecule has 0 bridgehead atoms. The van der Waals surface area contributed by atoms with Crippen molar-refractivity contribution in [3.63, 3.8) is 0 Å². The molecule has 0 aromatic carbocycles. The van der Waals surface area contributed by atoms with E-state index >= 15 is 0 Å². The van der Waals surface area contributed by atoms with E-state index in [1.165, 1.54) is 6.92 Å². The fourth-order valence-electron chi connectivity index (χ4n) is 1.95. The molecule has 2 nitrogen and oxygen atoms in total. The van der Waals surface area contributed by atoms with Crippen LogP contribution >= 0.6 is 0 Å². The third-order valence-corrected chi connectivity index (χ3v) is 4.94. The fraction of sp³-hybridized carbons (Fsp3) is 0.938. The molecule has 36 heavy (non-hydrogen) atoms. The van der Waals surface area contributed by atoms with Gasteiger partial charge in [0.05, 0.1) is 5.41 Å². The van der Waals surface area contributed by atoms with E-state index < -0.39 is 71.8 Å². The van der Waals surface area contributed by atoms with E-state index in [0.717, 1.165) is 13.8 Å². The number of carbonyl (C=O) groups is 1. The molecule has 0 aromatic heterocycles. The van der Waals surface area contributed by atoms with E-state index in [4.69, 9.17) is 0 Å². The topological polar surface area (TPSA) is 26.3 Å². The Morgan fingerprint density at radius 2 is 0.917 bits per heavy atom. The van der Waals surface area contributed by atoms with Gasteiger partial charge in [0.1, 0.15) is 0 Å². The molecule has 20 heteroatoms. The van der Waals surface area contributed by atoms with Gasteiger partial charge in [-0.2, -0.15) is 70.2 Å². The summed E-state index contributed by atoms with van der Waals surface area (Å²) in [7, 11) is 0. The Balaban J connectivity index is 6.60. The van der Waals surface area contributed by atoms with Gasteiger partial charge in [0.15, 0.2) is 6.61 Å². The number of hydrogen-bond acceptors (Lipinski definition) is 2. The monoisotopic (exact) mass is 580 g/mol. The summed E-state index contributed by atoms with van der Waals surface area (Å²) in [5.74, 6) is -67.3. The molecule has 0 spiro atoms. The predicted octanol–water partition coefficient (Wildman–Crippen LogP) is 7.31. The lowest BCUT2D eigenvalue weighted by Gasteiger charge is -2.43. The Hall–Kier alpha value is -1.79. The average Bonchev–Trinajstić information content (AvgIpc) is 2.70. The zero-order chi connectivity index (χ0) is 29.8. The molecule has 0 radical (unpaired) electrons. The van der Waals surface area contributed by atoms with Gasteiger partial charge >= 0.3 is 59.8 Å². The quantitative estimate of drug-likeness (QED) is 0.179. The van der Waals surface area contributed by atoms with Crippen molar-refractivity contribution >= 4 is 5.97 Å². The van der Waals surface area contributed by atoms with Crippen molar-refractivity contribution in [1.82, 2.24) is 0 Å². The molecule has 0 aliphatic carbocycles. The second-order valence-electron chi connectivity index (χ2n) is 7.89. The van der Waals surface area contributed by atoms with Crippen molar-refractivity contribution in [2.24, 2.45) is 5.41 Å². The molecular formula is C16H14F18O2. The first-order chi connectivity index (χ1) is 15.4. The van der Waals surface area contributed by atoms with Gasteiger partial charge in [-0.25, -0.2) is 8.78 Å². The summed E-state index contributed by atoms with van der Waals surface area (Å²) in [5, 5.41) is 0. The SMILES string of the molecule is CCC(C)(C)C(=O)OCC(F)(F)C(F)(F)C(F)(F)C(F)(F)C(F)(F)C(F)(F)C(F)(F)C(F)(F)C(F)F. The van der Waals surface area contributed by atoms with Crippen LogP contribution in [0, 0.1) is 5.41 Å². The molecule has 0 aliphatic heterocycles. The molecule has 0 amide bonds. The van der Waals surface area contributed by atoms with Crippen LogP contribution in [0.3, 0.4) is 0 Å². The van der Waals surface area contributed by atoms with E-state index in [-0.39, 0.29) is 6.42 Å². The number of ether oxygens (including phenoxy) is 1. The Labute approximate surface area is 188 Å². The van der Waals surface area contributed by atoms with Crippen molar-refractivity contribution < 1.29 is 88.6 Å². The lowest BCUT2D eigenvalue weighted by atomic mass is 9.87. The maximum atomic E-state index is 13.7. The molecule has 0 heterocycles. The minimum absolute atomic E-state index is 0.291. The van der Waals surface area contributed by atoms with Crippen LogP contribution in [-0.4, -0.2) is 66.4 Å². The van der Waals surface area contributed by atoms with Crippen LogP contribution in [0.25, 0.3) is 0 Å². The summed E-state index contributed by atoms with van der Waals surface area (Å²) in [6.07, 6.45) is -6.31. The smallest absolute Gasteiger partial charge is 0.385 e. The zero-order valence-electron chi connectivity index (χ0n) is 17.6. The highest BCUT2D eigenvalue weighted by Gasteiger charge is 2.95. The van der Waals surface area contributed by atoms with Crippen molar-refractivity contribution in [3.8, 4) is 0 Å². The summed E-state index contributed by atoms with van der Waals surface area (Å²) >= 11 is 0. The van der Waals surface area contributed by atoms with Gasteiger partial charge in [0, 0.05) is 0 Å². The van der Waals surface area contributed by atoms with Crippen molar-refractivity contribution in [1.29, 1.82) is 0 Å². The molecule has 216 valence electrons. The number of rotatable bonds is 12. The summed E-state index contributed by atoms with van der Waals surface area (Å²) in [4.78, 5) is 11.5. The lowest BCUT2D eigenvalue weighted by molar-refractivity contribution is -0.458. The van der Waals surface area contributed by atoms with Crippen molar-refractivity contribution in [3.05, 3.63) is 0 Å².